The predicted octanol–water partition coefficient (Wildman–Crippen LogP) is 4.05. The van der Waals surface area contributed by atoms with Crippen LogP contribution in [0.25, 0.3) is 0 Å². The molecule has 2 heterocycles. The Hall–Kier alpha value is -3.16. The number of aromatic nitrogens is 2. The molecule has 176 valence electrons. The van der Waals surface area contributed by atoms with Crippen molar-refractivity contribution in [3.8, 4) is 6.07 Å². The second kappa shape index (κ2) is 9.24. The van der Waals surface area contributed by atoms with Crippen LogP contribution >= 0.6 is 23.1 Å². The van der Waals surface area contributed by atoms with Gasteiger partial charge in [0.25, 0.3) is 0 Å². The maximum atomic E-state index is 13.6. The molecule has 0 fully saturated rings. The number of esters is 1. The van der Waals surface area contributed by atoms with Crippen molar-refractivity contribution in [3.63, 3.8) is 0 Å². The maximum Gasteiger partial charge on any atom is 0.316 e. The third-order valence-corrected chi connectivity index (χ3v) is 8.02. The average Bonchev–Trinajstić information content (AvgIpc) is 3.24. The Morgan fingerprint density at radius 1 is 1.35 bits per heavy atom. The molecule has 1 aliphatic carbocycles. The number of aryl methyl sites for hydroxylation is 1. The predicted molar refractivity (Wildman–Crippen MR) is 131 cm³/mol. The molecular formula is C24H25N5O3S2. The number of thioether (sulfide) groups is 1. The zero-order valence-electron chi connectivity index (χ0n) is 19.4. The first-order chi connectivity index (χ1) is 16.2. The van der Waals surface area contributed by atoms with Crippen molar-refractivity contribution in [1.82, 2.24) is 10.2 Å². The third kappa shape index (κ3) is 4.33. The summed E-state index contributed by atoms with van der Waals surface area (Å²) in [6.07, 6.45) is 0.983. The van der Waals surface area contributed by atoms with E-state index in [2.05, 4.69) is 21.0 Å². The molecule has 2 N–H and O–H groups in total. The molecule has 0 saturated carbocycles. The van der Waals surface area contributed by atoms with E-state index in [1.807, 2.05) is 45.0 Å². The van der Waals surface area contributed by atoms with Gasteiger partial charge < -0.3 is 10.5 Å². The molecule has 0 bridgehead atoms. The summed E-state index contributed by atoms with van der Waals surface area (Å²) < 4.78 is 5.25. The van der Waals surface area contributed by atoms with Crippen molar-refractivity contribution < 1.29 is 14.3 Å². The average molecular weight is 496 g/mol. The Kier molecular flexibility index (Phi) is 6.51. The van der Waals surface area contributed by atoms with Crippen molar-refractivity contribution in [2.75, 3.05) is 17.8 Å². The summed E-state index contributed by atoms with van der Waals surface area (Å²) in [5.74, 6) is -0.525. The Morgan fingerprint density at radius 3 is 2.76 bits per heavy atom. The number of nitrogens with zero attached hydrogens (tertiary/aromatic N) is 4. The van der Waals surface area contributed by atoms with Gasteiger partial charge in [-0.05, 0) is 29.9 Å². The van der Waals surface area contributed by atoms with Gasteiger partial charge in [-0.2, -0.15) is 5.26 Å². The van der Waals surface area contributed by atoms with Gasteiger partial charge in [-0.15, -0.1) is 10.2 Å². The van der Waals surface area contributed by atoms with Crippen molar-refractivity contribution in [2.45, 2.75) is 43.9 Å². The van der Waals surface area contributed by atoms with Gasteiger partial charge in [0.05, 0.1) is 30.4 Å². The highest BCUT2D eigenvalue weighted by Gasteiger charge is 2.45. The minimum absolute atomic E-state index is 0.00885. The van der Waals surface area contributed by atoms with Gasteiger partial charge in [-0.3, -0.25) is 14.5 Å². The standard InChI is InChI=1S/C24H25N5O3S2/c1-13-7-5-6-8-14(13)19-15(11-25)21(26)29(16-9-24(2,3)10-17(30)20(16)19)22-27-28-23(34-22)33-12-18(31)32-4/h5-8,19H,9-10,12,26H2,1-4H3. The Bertz CT molecular complexity index is 1270. The zero-order valence-corrected chi connectivity index (χ0v) is 21.0. The molecule has 0 radical (unpaired) electrons. The fraction of sp³-hybridized carbons (Fsp3) is 0.375. The number of Topliss-reactive ketones (excluding diaryl/α,β-unsaturated/α-hetero) is 1. The number of nitriles is 1. The van der Waals surface area contributed by atoms with Crippen LogP contribution in [0, 0.1) is 23.7 Å². The number of nitrogens with two attached hydrogens (primary N) is 1. The van der Waals surface area contributed by atoms with E-state index in [0.29, 0.717) is 33.5 Å². The Morgan fingerprint density at radius 2 is 2.09 bits per heavy atom. The lowest BCUT2D eigenvalue weighted by atomic mass is 9.68. The van der Waals surface area contributed by atoms with Crippen LogP contribution in [0.2, 0.25) is 0 Å². The van der Waals surface area contributed by atoms with E-state index in [-0.39, 0.29) is 28.7 Å². The number of carbonyl (C=O) groups excluding carboxylic acids is 2. The quantitative estimate of drug-likeness (QED) is 0.483. The number of benzene rings is 1. The van der Waals surface area contributed by atoms with Crippen LogP contribution in [0.4, 0.5) is 5.13 Å². The molecule has 2 aliphatic rings. The van der Waals surface area contributed by atoms with Crippen LogP contribution < -0.4 is 10.6 Å². The van der Waals surface area contributed by atoms with Gasteiger partial charge in [0.2, 0.25) is 5.13 Å². The highest BCUT2D eigenvalue weighted by molar-refractivity contribution is 8.01. The minimum Gasteiger partial charge on any atom is -0.468 e. The summed E-state index contributed by atoms with van der Waals surface area (Å²) >= 11 is 2.47. The summed E-state index contributed by atoms with van der Waals surface area (Å²) in [7, 11) is 1.33. The van der Waals surface area contributed by atoms with E-state index in [1.54, 1.807) is 4.90 Å². The van der Waals surface area contributed by atoms with E-state index in [4.69, 9.17) is 5.73 Å². The lowest BCUT2D eigenvalue weighted by molar-refractivity contribution is -0.137. The Balaban J connectivity index is 1.87. The third-order valence-electron chi connectivity index (χ3n) is 6.01. The summed E-state index contributed by atoms with van der Waals surface area (Å²) in [6, 6.07) is 10.0. The number of anilines is 1. The van der Waals surface area contributed by atoms with E-state index in [9.17, 15) is 14.9 Å². The molecule has 0 amide bonds. The molecule has 34 heavy (non-hydrogen) atoms. The molecule has 1 atom stereocenters. The summed E-state index contributed by atoms with van der Waals surface area (Å²) in [4.78, 5) is 26.8. The lowest BCUT2D eigenvalue weighted by Gasteiger charge is -2.42. The number of carbonyl (C=O) groups is 2. The molecule has 0 saturated heterocycles. The highest BCUT2D eigenvalue weighted by Crippen LogP contribution is 2.51. The molecule has 10 heteroatoms. The normalized spacial score (nSPS) is 19.7. The van der Waals surface area contributed by atoms with E-state index < -0.39 is 5.92 Å². The molecule has 1 aromatic carbocycles. The number of hydrogen-bond acceptors (Lipinski definition) is 10. The molecule has 2 aromatic rings. The van der Waals surface area contributed by atoms with Crippen LogP contribution in [-0.2, 0) is 14.3 Å². The fourth-order valence-electron chi connectivity index (χ4n) is 4.48. The Labute approximate surface area is 206 Å². The highest BCUT2D eigenvalue weighted by atomic mass is 32.2. The monoisotopic (exact) mass is 495 g/mol. The van der Waals surface area contributed by atoms with Crippen molar-refractivity contribution in [3.05, 3.63) is 58.1 Å². The van der Waals surface area contributed by atoms with Crippen molar-refractivity contribution >= 4 is 40.0 Å². The first kappa shape index (κ1) is 24.0. The molecule has 1 aromatic heterocycles. The number of allylic oxidation sites excluding steroid dienone is 3. The lowest BCUT2D eigenvalue weighted by Crippen LogP contribution is -2.42. The van der Waals surface area contributed by atoms with Crippen molar-refractivity contribution in [2.24, 2.45) is 11.1 Å². The smallest absolute Gasteiger partial charge is 0.316 e. The molecule has 8 nitrogen and oxygen atoms in total. The van der Waals surface area contributed by atoms with Gasteiger partial charge in [-0.25, -0.2) is 0 Å². The van der Waals surface area contributed by atoms with Gasteiger partial charge in [0.15, 0.2) is 10.1 Å². The molecule has 0 spiro atoms. The van der Waals surface area contributed by atoms with Crippen LogP contribution in [0.5, 0.6) is 0 Å². The van der Waals surface area contributed by atoms with Crippen LogP contribution in [0.15, 0.2) is 51.3 Å². The number of methoxy groups -OCH3 is 1. The second-order valence-corrected chi connectivity index (χ2v) is 11.2. The maximum absolute atomic E-state index is 13.6. The number of ketones is 1. The SMILES string of the molecule is COC(=O)CSc1nnc(N2C(N)=C(C#N)C(c3ccccc3C)C3=C2CC(C)(C)CC3=O)s1. The summed E-state index contributed by atoms with van der Waals surface area (Å²) in [5.41, 5.74) is 9.92. The van der Waals surface area contributed by atoms with Gasteiger partial charge in [-0.1, -0.05) is 61.2 Å². The molecule has 1 aliphatic heterocycles. The largest absolute Gasteiger partial charge is 0.468 e. The number of ether oxygens (including phenoxy) is 1. The first-order valence-corrected chi connectivity index (χ1v) is 12.5. The number of hydrogen-bond donors (Lipinski definition) is 1. The van der Waals surface area contributed by atoms with E-state index >= 15 is 0 Å². The van der Waals surface area contributed by atoms with Crippen molar-refractivity contribution in [1.29, 1.82) is 5.26 Å². The van der Waals surface area contributed by atoms with Crippen LogP contribution in [0.3, 0.4) is 0 Å². The summed E-state index contributed by atoms with van der Waals surface area (Å²) in [6.45, 7) is 6.07. The topological polar surface area (TPSA) is 122 Å². The molecule has 4 rings (SSSR count). The van der Waals surface area contributed by atoms with Gasteiger partial charge >= 0.3 is 5.97 Å². The zero-order chi connectivity index (χ0) is 24.6. The minimum atomic E-state index is -0.526. The van der Waals surface area contributed by atoms with Gasteiger partial charge in [0.1, 0.15) is 5.82 Å². The summed E-state index contributed by atoms with van der Waals surface area (Å²) in [5, 5.41) is 19.1. The first-order valence-electron chi connectivity index (χ1n) is 10.7. The van der Waals surface area contributed by atoms with Crippen LogP contribution in [-0.4, -0.2) is 34.8 Å². The molecular weight excluding hydrogens is 470 g/mol. The number of rotatable bonds is 5. The van der Waals surface area contributed by atoms with E-state index in [0.717, 1.165) is 16.8 Å². The second-order valence-electron chi connectivity index (χ2n) is 9.05. The van der Waals surface area contributed by atoms with Crippen LogP contribution in [0.1, 0.15) is 43.7 Å². The van der Waals surface area contributed by atoms with Gasteiger partial charge in [0, 0.05) is 17.7 Å². The molecule has 1 unspecified atom stereocenters. The van der Waals surface area contributed by atoms with E-state index in [1.165, 1.54) is 30.2 Å². The fourth-order valence-corrected chi connectivity index (χ4v) is 6.19.